The molecule has 0 spiro atoms. The lowest BCUT2D eigenvalue weighted by Gasteiger charge is -2.11. The predicted octanol–water partition coefficient (Wildman–Crippen LogP) is 2.09. The van der Waals surface area contributed by atoms with Crippen LogP contribution in [-0.2, 0) is 19.1 Å². The molecule has 0 fully saturated rings. The van der Waals surface area contributed by atoms with Crippen LogP contribution in [0.2, 0.25) is 0 Å². The number of esters is 2. The molecule has 0 unspecified atom stereocenters. The molecule has 4 nitrogen and oxygen atoms in total. The Morgan fingerprint density at radius 1 is 1.19 bits per heavy atom. The third-order valence-corrected chi connectivity index (χ3v) is 1.90. The molecule has 0 radical (unpaired) electrons. The third-order valence-electron chi connectivity index (χ3n) is 1.90. The number of carbonyl (C=O) groups excluding carboxylic acids is 2. The molecule has 0 aromatic heterocycles. The summed E-state index contributed by atoms with van der Waals surface area (Å²) in [5.74, 6) is -0.561. The van der Waals surface area contributed by atoms with E-state index in [-0.39, 0.29) is 31.1 Å². The minimum atomic E-state index is -0.371. The van der Waals surface area contributed by atoms with Gasteiger partial charge in [-0.1, -0.05) is 26.8 Å². The Labute approximate surface area is 96.6 Å². The van der Waals surface area contributed by atoms with E-state index < -0.39 is 0 Å². The zero-order valence-corrected chi connectivity index (χ0v) is 10.4. The fourth-order valence-corrected chi connectivity index (χ4v) is 1.18. The molecule has 0 amide bonds. The second-order valence-corrected chi connectivity index (χ2v) is 3.70. The molecule has 0 saturated heterocycles. The van der Waals surface area contributed by atoms with E-state index in [1.165, 1.54) is 6.92 Å². The molecule has 0 bridgehead atoms. The molecule has 0 aliphatic carbocycles. The molecular weight excluding hydrogens is 208 g/mol. The monoisotopic (exact) mass is 228 g/mol. The average Bonchev–Trinajstić information content (AvgIpc) is 2.19. The molecule has 16 heavy (non-hydrogen) atoms. The normalized spacial score (nSPS) is 11.4. The Morgan fingerprint density at radius 3 is 2.19 bits per heavy atom. The van der Waals surface area contributed by atoms with Crippen molar-refractivity contribution in [2.45, 2.75) is 34.1 Å². The van der Waals surface area contributed by atoms with Gasteiger partial charge in [0.05, 0.1) is 0 Å². The lowest BCUT2D eigenvalue weighted by atomic mass is 10.0. The summed E-state index contributed by atoms with van der Waals surface area (Å²) in [5, 5.41) is 0. The summed E-state index contributed by atoms with van der Waals surface area (Å²) in [6, 6.07) is 0. The molecule has 0 saturated carbocycles. The maximum absolute atomic E-state index is 11.6. The van der Waals surface area contributed by atoms with E-state index >= 15 is 0 Å². The number of hydrogen-bond donors (Lipinski definition) is 0. The SMILES string of the molecule is CCC=C(C(=O)OCCOC(C)=O)C(C)C. The highest BCUT2D eigenvalue weighted by Crippen LogP contribution is 2.12. The quantitative estimate of drug-likeness (QED) is 0.397. The van der Waals surface area contributed by atoms with E-state index in [2.05, 4.69) is 4.74 Å². The molecule has 4 heteroatoms. The standard InChI is InChI=1S/C12H20O4/c1-5-6-11(9(2)3)12(14)16-8-7-15-10(4)13/h6,9H,5,7-8H2,1-4H3. The molecule has 0 N–H and O–H groups in total. The number of ether oxygens (including phenoxy) is 2. The van der Waals surface area contributed by atoms with Gasteiger partial charge >= 0.3 is 11.9 Å². The number of hydrogen-bond acceptors (Lipinski definition) is 4. The van der Waals surface area contributed by atoms with Gasteiger partial charge in [-0.3, -0.25) is 4.79 Å². The minimum absolute atomic E-state index is 0.103. The van der Waals surface area contributed by atoms with E-state index in [4.69, 9.17) is 4.74 Å². The van der Waals surface area contributed by atoms with Gasteiger partial charge in [-0.05, 0) is 12.3 Å². The van der Waals surface area contributed by atoms with E-state index in [1.54, 1.807) is 0 Å². The maximum Gasteiger partial charge on any atom is 0.334 e. The summed E-state index contributed by atoms with van der Waals surface area (Å²) in [7, 11) is 0. The van der Waals surface area contributed by atoms with Gasteiger partial charge in [0.1, 0.15) is 13.2 Å². The number of allylic oxidation sites excluding steroid dienone is 1. The van der Waals surface area contributed by atoms with Crippen LogP contribution < -0.4 is 0 Å². The molecule has 0 atom stereocenters. The molecule has 0 heterocycles. The van der Waals surface area contributed by atoms with E-state index in [0.29, 0.717) is 5.57 Å². The van der Waals surface area contributed by atoms with Crippen molar-refractivity contribution in [3.63, 3.8) is 0 Å². The minimum Gasteiger partial charge on any atom is -0.462 e. The van der Waals surface area contributed by atoms with Crippen molar-refractivity contribution < 1.29 is 19.1 Å². The molecule has 0 rings (SSSR count). The second-order valence-electron chi connectivity index (χ2n) is 3.70. The first-order chi connectivity index (χ1) is 7.49. The van der Waals surface area contributed by atoms with Crippen LogP contribution in [0.25, 0.3) is 0 Å². The molecular formula is C12H20O4. The van der Waals surface area contributed by atoms with Crippen LogP contribution in [0.5, 0.6) is 0 Å². The topological polar surface area (TPSA) is 52.6 Å². The Hall–Kier alpha value is -1.32. The van der Waals surface area contributed by atoms with Crippen molar-refractivity contribution in [3.8, 4) is 0 Å². The van der Waals surface area contributed by atoms with Gasteiger partial charge in [-0.15, -0.1) is 0 Å². The van der Waals surface area contributed by atoms with Crippen molar-refractivity contribution in [1.82, 2.24) is 0 Å². The fourth-order valence-electron chi connectivity index (χ4n) is 1.18. The van der Waals surface area contributed by atoms with Crippen LogP contribution in [0.15, 0.2) is 11.6 Å². The summed E-state index contributed by atoms with van der Waals surface area (Å²) < 4.78 is 9.64. The number of carbonyl (C=O) groups is 2. The van der Waals surface area contributed by atoms with Crippen molar-refractivity contribution in [3.05, 3.63) is 11.6 Å². The van der Waals surface area contributed by atoms with Crippen molar-refractivity contribution in [2.75, 3.05) is 13.2 Å². The Balaban J connectivity index is 4.03. The summed E-state index contributed by atoms with van der Waals surface area (Å²) in [6.07, 6.45) is 2.66. The van der Waals surface area contributed by atoms with Crippen molar-refractivity contribution in [2.24, 2.45) is 5.92 Å². The highest BCUT2D eigenvalue weighted by atomic mass is 16.6. The van der Waals surface area contributed by atoms with Gasteiger partial charge in [-0.2, -0.15) is 0 Å². The Kier molecular flexibility index (Phi) is 7.25. The van der Waals surface area contributed by atoms with E-state index in [1.807, 2.05) is 26.8 Å². The molecule has 0 aliphatic rings. The zero-order chi connectivity index (χ0) is 12.6. The van der Waals surface area contributed by atoms with Gasteiger partial charge in [-0.25, -0.2) is 4.79 Å². The Bertz CT molecular complexity index is 266. The highest BCUT2D eigenvalue weighted by Gasteiger charge is 2.14. The third kappa shape index (κ3) is 6.22. The van der Waals surface area contributed by atoms with Crippen LogP contribution in [0.4, 0.5) is 0 Å². The first-order valence-corrected chi connectivity index (χ1v) is 5.49. The number of rotatable bonds is 6. The lowest BCUT2D eigenvalue weighted by molar-refractivity contribution is -0.148. The van der Waals surface area contributed by atoms with Crippen LogP contribution >= 0.6 is 0 Å². The highest BCUT2D eigenvalue weighted by molar-refractivity contribution is 5.88. The largest absolute Gasteiger partial charge is 0.462 e. The maximum atomic E-state index is 11.6. The predicted molar refractivity (Wildman–Crippen MR) is 60.8 cm³/mol. The second kappa shape index (κ2) is 7.91. The van der Waals surface area contributed by atoms with Crippen molar-refractivity contribution in [1.29, 1.82) is 0 Å². The summed E-state index contributed by atoms with van der Waals surface area (Å²) in [6.45, 7) is 7.38. The zero-order valence-electron chi connectivity index (χ0n) is 10.4. The first kappa shape index (κ1) is 14.7. The molecule has 0 aromatic rings. The van der Waals surface area contributed by atoms with Gasteiger partial charge in [0.25, 0.3) is 0 Å². The smallest absolute Gasteiger partial charge is 0.334 e. The van der Waals surface area contributed by atoms with Crippen LogP contribution in [-0.4, -0.2) is 25.2 Å². The molecule has 0 aromatic carbocycles. The molecule has 0 aliphatic heterocycles. The summed E-state index contributed by atoms with van der Waals surface area (Å²) in [4.78, 5) is 22.0. The Morgan fingerprint density at radius 2 is 1.75 bits per heavy atom. The molecule has 92 valence electrons. The van der Waals surface area contributed by atoms with E-state index in [0.717, 1.165) is 6.42 Å². The van der Waals surface area contributed by atoms with Crippen molar-refractivity contribution >= 4 is 11.9 Å². The van der Waals surface area contributed by atoms with Gasteiger partial charge in [0.2, 0.25) is 0 Å². The first-order valence-electron chi connectivity index (χ1n) is 5.49. The van der Waals surface area contributed by atoms with E-state index in [9.17, 15) is 9.59 Å². The average molecular weight is 228 g/mol. The van der Waals surface area contributed by atoms with Gasteiger partial charge in [0, 0.05) is 12.5 Å². The summed E-state index contributed by atoms with van der Waals surface area (Å²) >= 11 is 0. The van der Waals surface area contributed by atoms with Crippen LogP contribution in [0, 0.1) is 5.92 Å². The lowest BCUT2D eigenvalue weighted by Crippen LogP contribution is -2.16. The van der Waals surface area contributed by atoms with Gasteiger partial charge < -0.3 is 9.47 Å². The van der Waals surface area contributed by atoms with Crippen LogP contribution in [0.1, 0.15) is 34.1 Å². The fraction of sp³-hybridized carbons (Fsp3) is 0.667. The summed E-state index contributed by atoms with van der Waals surface area (Å²) in [5.41, 5.74) is 0.672. The van der Waals surface area contributed by atoms with Gasteiger partial charge in [0.15, 0.2) is 0 Å². The van der Waals surface area contributed by atoms with Crippen LogP contribution in [0.3, 0.4) is 0 Å².